The summed E-state index contributed by atoms with van der Waals surface area (Å²) in [4.78, 5) is 14.4. The van der Waals surface area contributed by atoms with Crippen LogP contribution < -0.4 is 4.74 Å². The number of rotatable bonds is 3. The number of amides is 1. The summed E-state index contributed by atoms with van der Waals surface area (Å²) >= 11 is 9.48. The zero-order chi connectivity index (χ0) is 16.4. The van der Waals surface area contributed by atoms with Gasteiger partial charge in [0.25, 0.3) is 5.91 Å². The molecule has 0 aliphatic carbocycles. The maximum atomic E-state index is 12.6. The van der Waals surface area contributed by atoms with E-state index in [-0.39, 0.29) is 5.91 Å². The quantitative estimate of drug-likeness (QED) is 0.776. The highest BCUT2D eigenvalue weighted by atomic mass is 79.9. The molecule has 0 radical (unpaired) electrons. The van der Waals surface area contributed by atoms with Crippen LogP contribution >= 0.6 is 27.5 Å². The molecule has 2 aliphatic heterocycles. The molecule has 2 heterocycles. The number of benzene rings is 1. The van der Waals surface area contributed by atoms with Crippen LogP contribution in [-0.4, -0.2) is 49.0 Å². The molecule has 0 unspecified atom stereocenters. The van der Waals surface area contributed by atoms with Crippen LogP contribution in [0.4, 0.5) is 0 Å². The van der Waals surface area contributed by atoms with Gasteiger partial charge in [0.2, 0.25) is 0 Å². The second kappa shape index (κ2) is 6.97. The molecule has 1 aromatic rings. The molecule has 0 saturated carbocycles. The normalized spacial score (nSPS) is 21.4. The molecule has 2 aliphatic rings. The first-order valence-corrected chi connectivity index (χ1v) is 8.85. The molecule has 23 heavy (non-hydrogen) atoms. The predicted octanol–water partition coefficient (Wildman–Crippen LogP) is 3.24. The van der Waals surface area contributed by atoms with Crippen LogP contribution in [0.5, 0.6) is 5.75 Å². The molecule has 7 heteroatoms. The minimum Gasteiger partial charge on any atom is -0.479 e. The first-order valence-electron chi connectivity index (χ1n) is 7.67. The summed E-state index contributed by atoms with van der Waals surface area (Å²) in [7, 11) is 0. The van der Waals surface area contributed by atoms with E-state index in [4.69, 9.17) is 25.8 Å². The predicted molar refractivity (Wildman–Crippen MR) is 89.7 cm³/mol. The highest BCUT2D eigenvalue weighted by Gasteiger charge is 2.41. The number of hydrogen-bond acceptors (Lipinski definition) is 4. The number of hydrogen-bond donors (Lipinski definition) is 0. The van der Waals surface area contributed by atoms with Gasteiger partial charge in [-0.1, -0.05) is 27.5 Å². The van der Waals surface area contributed by atoms with E-state index < -0.39 is 11.9 Å². The highest BCUT2D eigenvalue weighted by molar-refractivity contribution is 9.10. The minimum absolute atomic E-state index is 0.0446. The number of likely N-dealkylation sites (tertiary alicyclic amines) is 1. The second-order valence-electron chi connectivity index (χ2n) is 5.77. The van der Waals surface area contributed by atoms with E-state index in [1.54, 1.807) is 24.0 Å². The Morgan fingerprint density at radius 3 is 2.61 bits per heavy atom. The molecule has 2 fully saturated rings. The molecule has 1 spiro atoms. The zero-order valence-electron chi connectivity index (χ0n) is 12.9. The fourth-order valence-corrected chi connectivity index (χ4v) is 3.64. The fraction of sp³-hybridized carbons (Fsp3) is 0.562. The Balaban J connectivity index is 1.57. The van der Waals surface area contributed by atoms with Gasteiger partial charge in [0.05, 0.1) is 18.2 Å². The van der Waals surface area contributed by atoms with E-state index >= 15 is 0 Å². The maximum absolute atomic E-state index is 12.6. The van der Waals surface area contributed by atoms with Gasteiger partial charge in [-0.2, -0.15) is 0 Å². The number of nitrogens with zero attached hydrogens (tertiary/aromatic N) is 1. The third kappa shape index (κ3) is 3.82. The Morgan fingerprint density at radius 2 is 2.00 bits per heavy atom. The van der Waals surface area contributed by atoms with Gasteiger partial charge >= 0.3 is 0 Å². The van der Waals surface area contributed by atoms with Crippen LogP contribution in [0.25, 0.3) is 0 Å². The van der Waals surface area contributed by atoms with E-state index in [0.717, 1.165) is 4.47 Å². The monoisotopic (exact) mass is 403 g/mol. The summed E-state index contributed by atoms with van der Waals surface area (Å²) in [5.74, 6) is -0.0147. The maximum Gasteiger partial charge on any atom is 0.263 e. The van der Waals surface area contributed by atoms with Crippen molar-refractivity contribution in [1.82, 2.24) is 4.90 Å². The smallest absolute Gasteiger partial charge is 0.263 e. The molecule has 0 aromatic heterocycles. The van der Waals surface area contributed by atoms with E-state index in [9.17, 15) is 4.79 Å². The van der Waals surface area contributed by atoms with Crippen LogP contribution in [0.3, 0.4) is 0 Å². The summed E-state index contributed by atoms with van der Waals surface area (Å²) in [6.45, 7) is 4.24. The minimum atomic E-state index is -0.590. The Bertz CT molecular complexity index is 581. The van der Waals surface area contributed by atoms with E-state index in [1.807, 2.05) is 6.07 Å². The molecule has 126 valence electrons. The van der Waals surface area contributed by atoms with Gasteiger partial charge in [-0.25, -0.2) is 0 Å². The van der Waals surface area contributed by atoms with Crippen molar-refractivity contribution in [1.29, 1.82) is 0 Å². The summed E-state index contributed by atoms with van der Waals surface area (Å²) < 4.78 is 18.0. The van der Waals surface area contributed by atoms with Crippen molar-refractivity contribution in [2.45, 2.75) is 31.7 Å². The lowest BCUT2D eigenvalue weighted by Gasteiger charge is -2.38. The van der Waals surface area contributed by atoms with Crippen LogP contribution in [0.15, 0.2) is 22.7 Å². The Labute approximate surface area is 149 Å². The molecule has 0 bridgehead atoms. The van der Waals surface area contributed by atoms with Gasteiger partial charge in [-0.15, -0.1) is 0 Å². The van der Waals surface area contributed by atoms with Crippen molar-refractivity contribution < 1.29 is 19.0 Å². The average molecular weight is 405 g/mol. The Kier molecular flexibility index (Phi) is 5.16. The van der Waals surface area contributed by atoms with Gasteiger partial charge < -0.3 is 19.1 Å². The number of piperidine rings is 1. The molecule has 5 nitrogen and oxygen atoms in total. The van der Waals surface area contributed by atoms with Gasteiger partial charge in [0, 0.05) is 30.4 Å². The van der Waals surface area contributed by atoms with Crippen molar-refractivity contribution in [2.75, 3.05) is 26.3 Å². The second-order valence-corrected chi connectivity index (χ2v) is 7.09. The molecule has 1 amide bonds. The lowest BCUT2D eigenvalue weighted by atomic mass is 10.0. The molecular weight excluding hydrogens is 386 g/mol. The number of carbonyl (C=O) groups excluding carboxylic acids is 1. The van der Waals surface area contributed by atoms with Crippen LogP contribution in [-0.2, 0) is 14.3 Å². The molecule has 0 N–H and O–H groups in total. The summed E-state index contributed by atoms with van der Waals surface area (Å²) in [5, 5.41) is 0.476. The highest BCUT2D eigenvalue weighted by Crippen LogP contribution is 2.32. The molecule has 2 saturated heterocycles. The van der Waals surface area contributed by atoms with E-state index in [1.165, 1.54) is 0 Å². The Hall–Kier alpha value is -0.820. The SMILES string of the molecule is C[C@H](Oc1ccc(Br)cc1Cl)C(=O)N1CCC2(CC1)OCCO2. The van der Waals surface area contributed by atoms with E-state index in [0.29, 0.717) is 49.9 Å². The van der Waals surface area contributed by atoms with Crippen molar-refractivity contribution in [3.63, 3.8) is 0 Å². The molecule has 1 atom stereocenters. The first-order chi connectivity index (χ1) is 11.0. The van der Waals surface area contributed by atoms with Gasteiger partial charge in [0.15, 0.2) is 11.9 Å². The van der Waals surface area contributed by atoms with Crippen LogP contribution in [0, 0.1) is 0 Å². The lowest BCUT2D eigenvalue weighted by molar-refractivity contribution is -0.188. The number of halogens is 2. The average Bonchev–Trinajstić information content (AvgIpc) is 2.98. The third-order valence-corrected chi connectivity index (χ3v) is 4.98. The van der Waals surface area contributed by atoms with Crippen LogP contribution in [0.2, 0.25) is 5.02 Å². The Morgan fingerprint density at radius 1 is 1.35 bits per heavy atom. The fourth-order valence-electron chi connectivity index (χ4n) is 2.92. The molecular formula is C16H19BrClNO4. The van der Waals surface area contributed by atoms with Crippen LogP contribution in [0.1, 0.15) is 19.8 Å². The lowest BCUT2D eigenvalue weighted by Crippen LogP contribution is -2.50. The summed E-state index contributed by atoms with van der Waals surface area (Å²) in [6.07, 6.45) is 0.808. The standard InChI is InChI=1S/C16H19BrClNO4/c1-11(23-14-3-2-12(17)10-13(14)18)15(20)19-6-4-16(5-7-19)21-8-9-22-16/h2-3,10-11H,4-9H2,1H3/t11-/m0/s1. The van der Waals surface area contributed by atoms with Crippen molar-refractivity contribution in [2.24, 2.45) is 0 Å². The largest absolute Gasteiger partial charge is 0.479 e. The van der Waals surface area contributed by atoms with Gasteiger partial charge in [-0.05, 0) is 25.1 Å². The molecule has 1 aromatic carbocycles. The number of ether oxygens (including phenoxy) is 3. The molecule has 3 rings (SSSR count). The number of carbonyl (C=O) groups is 1. The van der Waals surface area contributed by atoms with Crippen molar-refractivity contribution in [3.05, 3.63) is 27.7 Å². The topological polar surface area (TPSA) is 48.0 Å². The van der Waals surface area contributed by atoms with Crippen molar-refractivity contribution >= 4 is 33.4 Å². The third-order valence-electron chi connectivity index (χ3n) is 4.20. The van der Waals surface area contributed by atoms with Crippen molar-refractivity contribution in [3.8, 4) is 5.75 Å². The van der Waals surface area contributed by atoms with Gasteiger partial charge in [0.1, 0.15) is 5.75 Å². The van der Waals surface area contributed by atoms with E-state index in [2.05, 4.69) is 15.9 Å². The summed E-state index contributed by atoms with van der Waals surface area (Å²) in [5.41, 5.74) is 0. The zero-order valence-corrected chi connectivity index (χ0v) is 15.2. The first kappa shape index (κ1) is 17.0. The van der Waals surface area contributed by atoms with Gasteiger partial charge in [-0.3, -0.25) is 4.79 Å². The summed E-state index contributed by atoms with van der Waals surface area (Å²) in [6, 6.07) is 5.33.